The summed E-state index contributed by atoms with van der Waals surface area (Å²) in [4.78, 5) is 22.7. The highest BCUT2D eigenvalue weighted by atomic mass is 16.5. The predicted molar refractivity (Wildman–Crippen MR) is 80.5 cm³/mol. The number of esters is 1. The number of aldehydes is 1. The normalized spacial score (nSPS) is 12.2. The van der Waals surface area contributed by atoms with Crippen molar-refractivity contribution in [2.24, 2.45) is 0 Å². The first-order chi connectivity index (χ1) is 8.96. The molecule has 0 spiro atoms. The molecule has 0 aliphatic rings. The van der Waals surface area contributed by atoms with Gasteiger partial charge in [-0.3, -0.25) is 9.59 Å². The second-order valence-corrected chi connectivity index (χ2v) is 7.15. The van der Waals surface area contributed by atoms with Gasteiger partial charge in [0, 0.05) is 12.5 Å². The zero-order chi connectivity index (χ0) is 15.7. The third-order valence-electron chi connectivity index (χ3n) is 3.16. The molecule has 3 nitrogen and oxygen atoms in total. The van der Waals surface area contributed by atoms with Crippen LogP contribution in [0.3, 0.4) is 0 Å². The van der Waals surface area contributed by atoms with Crippen LogP contribution in [0.2, 0.25) is 0 Å². The van der Waals surface area contributed by atoms with Crippen LogP contribution in [0.4, 0.5) is 0 Å². The highest BCUT2D eigenvalue weighted by Gasteiger charge is 2.26. The number of carbonyl (C=O) groups excluding carboxylic acids is 2. The van der Waals surface area contributed by atoms with Gasteiger partial charge < -0.3 is 4.74 Å². The first kappa shape index (κ1) is 16.4. The van der Waals surface area contributed by atoms with Gasteiger partial charge in [0.1, 0.15) is 5.75 Å². The Balaban J connectivity index is 3.65. The molecular formula is C17H24O3. The molecule has 1 aromatic rings. The van der Waals surface area contributed by atoms with Gasteiger partial charge in [-0.15, -0.1) is 0 Å². The smallest absolute Gasteiger partial charge is 0.308 e. The molecule has 1 aromatic carbocycles. The van der Waals surface area contributed by atoms with E-state index in [0.29, 0.717) is 11.3 Å². The van der Waals surface area contributed by atoms with Crippen LogP contribution in [0.25, 0.3) is 0 Å². The third kappa shape index (κ3) is 3.69. The molecule has 0 aliphatic carbocycles. The maximum atomic E-state index is 11.4. The van der Waals surface area contributed by atoms with Gasteiger partial charge in [0.25, 0.3) is 0 Å². The summed E-state index contributed by atoms with van der Waals surface area (Å²) in [6.07, 6.45) is 0.753. The third-order valence-corrected chi connectivity index (χ3v) is 3.16. The van der Waals surface area contributed by atoms with Gasteiger partial charge in [-0.2, -0.15) is 0 Å². The molecule has 0 amide bonds. The average Bonchev–Trinajstić information content (AvgIpc) is 2.25. The molecule has 0 aliphatic heterocycles. The average molecular weight is 276 g/mol. The van der Waals surface area contributed by atoms with Gasteiger partial charge in [0.2, 0.25) is 0 Å². The lowest BCUT2D eigenvalue weighted by atomic mass is 9.79. The Morgan fingerprint density at radius 1 is 1.05 bits per heavy atom. The van der Waals surface area contributed by atoms with Crippen molar-refractivity contribution in [3.05, 3.63) is 28.8 Å². The topological polar surface area (TPSA) is 43.4 Å². The van der Waals surface area contributed by atoms with Crippen molar-refractivity contribution < 1.29 is 14.3 Å². The predicted octanol–water partition coefficient (Wildman–Crippen LogP) is 4.02. The second kappa shape index (κ2) is 5.39. The standard InChI is InChI=1S/C17H24O3/c1-11(19)20-15-12(10-18)8-13(16(2,3)4)9-14(15)17(5,6)7/h8-10H,1-7H3. The lowest BCUT2D eigenvalue weighted by Gasteiger charge is -2.27. The van der Waals surface area contributed by atoms with Gasteiger partial charge in [0.05, 0.1) is 5.56 Å². The van der Waals surface area contributed by atoms with E-state index in [1.54, 1.807) is 6.07 Å². The Labute approximate surface area is 121 Å². The number of hydrogen-bond donors (Lipinski definition) is 0. The van der Waals surface area contributed by atoms with Crippen molar-refractivity contribution >= 4 is 12.3 Å². The van der Waals surface area contributed by atoms with Crippen molar-refractivity contribution in [1.82, 2.24) is 0 Å². The molecule has 0 fully saturated rings. The van der Waals surface area contributed by atoms with E-state index in [2.05, 4.69) is 20.8 Å². The van der Waals surface area contributed by atoms with Crippen LogP contribution >= 0.6 is 0 Å². The monoisotopic (exact) mass is 276 g/mol. The summed E-state index contributed by atoms with van der Waals surface area (Å²) < 4.78 is 5.29. The summed E-state index contributed by atoms with van der Waals surface area (Å²) in [7, 11) is 0. The van der Waals surface area contributed by atoms with Gasteiger partial charge in [-0.1, -0.05) is 47.6 Å². The minimum Gasteiger partial charge on any atom is -0.426 e. The van der Waals surface area contributed by atoms with Crippen LogP contribution in [-0.4, -0.2) is 12.3 Å². The van der Waals surface area contributed by atoms with Gasteiger partial charge in [0.15, 0.2) is 6.29 Å². The minimum absolute atomic E-state index is 0.0769. The number of carbonyl (C=O) groups is 2. The van der Waals surface area contributed by atoms with Crippen LogP contribution in [0.1, 0.15) is 70.0 Å². The summed E-state index contributed by atoms with van der Waals surface area (Å²) in [5.74, 6) is -0.0323. The van der Waals surface area contributed by atoms with E-state index >= 15 is 0 Å². The molecule has 0 radical (unpaired) electrons. The van der Waals surface area contributed by atoms with E-state index in [1.165, 1.54) is 6.92 Å². The molecular weight excluding hydrogens is 252 g/mol. The molecule has 110 valence electrons. The van der Waals surface area contributed by atoms with Crippen molar-refractivity contribution in [3.8, 4) is 5.75 Å². The Morgan fingerprint density at radius 2 is 1.60 bits per heavy atom. The number of hydrogen-bond acceptors (Lipinski definition) is 3. The summed E-state index contributed by atoms with van der Waals surface area (Å²) >= 11 is 0. The molecule has 0 bridgehead atoms. The van der Waals surface area contributed by atoms with Gasteiger partial charge >= 0.3 is 5.97 Å². The van der Waals surface area contributed by atoms with Crippen LogP contribution in [0.15, 0.2) is 12.1 Å². The molecule has 0 atom stereocenters. The lowest BCUT2D eigenvalue weighted by molar-refractivity contribution is -0.131. The number of benzene rings is 1. The van der Waals surface area contributed by atoms with E-state index in [9.17, 15) is 9.59 Å². The van der Waals surface area contributed by atoms with Crippen LogP contribution in [-0.2, 0) is 15.6 Å². The Hall–Kier alpha value is -1.64. The van der Waals surface area contributed by atoms with Gasteiger partial charge in [-0.05, 0) is 22.5 Å². The van der Waals surface area contributed by atoms with E-state index in [4.69, 9.17) is 4.74 Å². The summed E-state index contributed by atoms with van der Waals surface area (Å²) in [6, 6.07) is 3.84. The SMILES string of the molecule is CC(=O)Oc1c(C=O)cc(C(C)(C)C)cc1C(C)(C)C. The van der Waals surface area contributed by atoms with Crippen LogP contribution in [0.5, 0.6) is 5.75 Å². The molecule has 0 saturated carbocycles. The molecule has 0 heterocycles. The molecule has 0 aromatic heterocycles. The Morgan fingerprint density at radius 3 is 1.95 bits per heavy atom. The van der Waals surface area contributed by atoms with E-state index < -0.39 is 5.97 Å². The summed E-state index contributed by atoms with van der Waals surface area (Å²) in [5, 5.41) is 0. The van der Waals surface area contributed by atoms with Crippen LogP contribution < -0.4 is 4.74 Å². The molecule has 1 rings (SSSR count). The van der Waals surface area contributed by atoms with Crippen LogP contribution in [0, 0.1) is 0 Å². The molecule has 0 saturated heterocycles. The molecule has 0 unspecified atom stereocenters. The maximum Gasteiger partial charge on any atom is 0.308 e. The first-order valence-electron chi connectivity index (χ1n) is 6.79. The Kier molecular flexibility index (Phi) is 4.42. The zero-order valence-corrected chi connectivity index (χ0v) is 13.5. The maximum absolute atomic E-state index is 11.4. The van der Waals surface area contributed by atoms with Crippen molar-refractivity contribution in [2.75, 3.05) is 0 Å². The fourth-order valence-corrected chi connectivity index (χ4v) is 1.99. The highest BCUT2D eigenvalue weighted by molar-refractivity contribution is 5.84. The lowest BCUT2D eigenvalue weighted by Crippen LogP contribution is -2.20. The highest BCUT2D eigenvalue weighted by Crippen LogP contribution is 2.37. The number of ether oxygens (including phenoxy) is 1. The quantitative estimate of drug-likeness (QED) is 0.465. The van der Waals surface area contributed by atoms with Crippen molar-refractivity contribution in [3.63, 3.8) is 0 Å². The first-order valence-corrected chi connectivity index (χ1v) is 6.79. The van der Waals surface area contributed by atoms with Gasteiger partial charge in [-0.25, -0.2) is 0 Å². The van der Waals surface area contributed by atoms with E-state index in [1.807, 2.05) is 26.8 Å². The summed E-state index contributed by atoms with van der Waals surface area (Å²) in [5.41, 5.74) is 2.07. The number of rotatable bonds is 2. The molecule has 20 heavy (non-hydrogen) atoms. The molecule has 3 heteroatoms. The Bertz CT molecular complexity index is 528. The fourth-order valence-electron chi connectivity index (χ4n) is 1.99. The largest absolute Gasteiger partial charge is 0.426 e. The van der Waals surface area contributed by atoms with E-state index in [-0.39, 0.29) is 10.8 Å². The minimum atomic E-state index is -0.415. The van der Waals surface area contributed by atoms with Crippen molar-refractivity contribution in [1.29, 1.82) is 0 Å². The van der Waals surface area contributed by atoms with E-state index in [0.717, 1.165) is 17.4 Å². The molecule has 0 N–H and O–H groups in total. The van der Waals surface area contributed by atoms with Crippen molar-refractivity contribution in [2.45, 2.75) is 59.3 Å². The zero-order valence-electron chi connectivity index (χ0n) is 13.5. The fraction of sp³-hybridized carbons (Fsp3) is 0.529. The second-order valence-electron chi connectivity index (χ2n) is 7.15. The summed E-state index contributed by atoms with van der Waals surface area (Å²) in [6.45, 7) is 13.7.